The Labute approximate surface area is 176 Å². The fraction of sp³-hybridized carbons (Fsp3) is 0.417. The zero-order valence-electron chi connectivity index (χ0n) is 17.7. The lowest BCUT2D eigenvalue weighted by Gasteiger charge is -2.26. The van der Waals surface area contributed by atoms with Gasteiger partial charge >= 0.3 is 0 Å². The summed E-state index contributed by atoms with van der Waals surface area (Å²) in [5.74, 6) is 1.50. The SMILES string of the molecule is Cc1noc(-c2ccc(C3CN(C4CCc5cccc(F)c54)CC3N(C)C)cc2)n1. The standard InChI is InChI=1S/C24H27FN4O/c1-15-26-24(30-27-15)18-9-7-16(8-10-18)19-13-29(14-22(19)28(2)3)21-12-11-17-5-4-6-20(25)23(17)21/h4-10,19,21-22H,11-14H2,1-3H3. The van der Waals surface area contributed by atoms with E-state index in [1.165, 1.54) is 11.1 Å². The van der Waals surface area contributed by atoms with Crippen LogP contribution in [0, 0.1) is 12.7 Å². The Kier molecular flexibility index (Phi) is 4.91. The van der Waals surface area contributed by atoms with Crippen molar-refractivity contribution < 1.29 is 8.91 Å². The maximum absolute atomic E-state index is 14.6. The molecule has 0 bridgehead atoms. The fourth-order valence-electron chi connectivity index (χ4n) is 5.18. The lowest BCUT2D eigenvalue weighted by atomic mass is 9.93. The Balaban J connectivity index is 1.41. The highest BCUT2D eigenvalue weighted by Gasteiger charge is 2.41. The maximum Gasteiger partial charge on any atom is 0.257 e. The molecule has 0 saturated carbocycles. The normalized spacial score (nSPS) is 24.0. The molecule has 2 heterocycles. The van der Waals surface area contributed by atoms with Crippen LogP contribution in [0.5, 0.6) is 0 Å². The average Bonchev–Trinajstić information content (AvgIpc) is 3.46. The molecule has 5 rings (SSSR count). The number of benzene rings is 2. The number of fused-ring (bicyclic) bond motifs is 1. The molecule has 0 radical (unpaired) electrons. The van der Waals surface area contributed by atoms with Gasteiger partial charge in [0.1, 0.15) is 5.82 Å². The second-order valence-corrected chi connectivity index (χ2v) is 8.73. The number of aryl methyl sites for hydroxylation is 2. The summed E-state index contributed by atoms with van der Waals surface area (Å²) in [4.78, 5) is 9.10. The first-order valence-electron chi connectivity index (χ1n) is 10.6. The number of hydrogen-bond acceptors (Lipinski definition) is 5. The molecule has 2 aromatic carbocycles. The molecule has 1 fully saturated rings. The summed E-state index contributed by atoms with van der Waals surface area (Å²) >= 11 is 0. The van der Waals surface area contributed by atoms with Crippen LogP contribution in [0.4, 0.5) is 4.39 Å². The number of rotatable bonds is 4. The summed E-state index contributed by atoms with van der Waals surface area (Å²) < 4.78 is 19.9. The first kappa shape index (κ1) is 19.4. The quantitative estimate of drug-likeness (QED) is 0.650. The zero-order chi connectivity index (χ0) is 20.8. The number of aromatic nitrogens is 2. The van der Waals surface area contributed by atoms with Crippen molar-refractivity contribution in [1.82, 2.24) is 19.9 Å². The van der Waals surface area contributed by atoms with Gasteiger partial charge in [0.15, 0.2) is 5.82 Å². The lowest BCUT2D eigenvalue weighted by molar-refractivity contribution is 0.213. The van der Waals surface area contributed by atoms with Crippen molar-refractivity contribution in [2.75, 3.05) is 27.2 Å². The van der Waals surface area contributed by atoms with E-state index in [0.717, 1.165) is 37.1 Å². The molecule has 0 N–H and O–H groups in total. The molecule has 5 nitrogen and oxygen atoms in total. The number of halogens is 1. The fourth-order valence-corrected chi connectivity index (χ4v) is 5.18. The highest BCUT2D eigenvalue weighted by Crippen LogP contribution is 2.42. The van der Waals surface area contributed by atoms with Crippen LogP contribution < -0.4 is 0 Å². The lowest BCUT2D eigenvalue weighted by Crippen LogP contribution is -2.35. The molecule has 3 unspecified atom stereocenters. The first-order valence-corrected chi connectivity index (χ1v) is 10.6. The predicted octanol–water partition coefficient (Wildman–Crippen LogP) is 4.20. The smallest absolute Gasteiger partial charge is 0.257 e. The second kappa shape index (κ2) is 7.60. The third kappa shape index (κ3) is 3.34. The van der Waals surface area contributed by atoms with E-state index in [4.69, 9.17) is 4.52 Å². The molecular formula is C24H27FN4O. The summed E-state index contributed by atoms with van der Waals surface area (Å²) in [5, 5.41) is 3.88. The molecule has 2 aliphatic rings. The zero-order valence-corrected chi connectivity index (χ0v) is 17.7. The van der Waals surface area contributed by atoms with E-state index in [9.17, 15) is 4.39 Å². The van der Waals surface area contributed by atoms with Crippen LogP contribution in [0.2, 0.25) is 0 Å². The summed E-state index contributed by atoms with van der Waals surface area (Å²) in [5.41, 5.74) is 4.31. The Morgan fingerprint density at radius 3 is 2.60 bits per heavy atom. The molecule has 1 aliphatic carbocycles. The van der Waals surface area contributed by atoms with E-state index in [-0.39, 0.29) is 11.9 Å². The number of hydrogen-bond donors (Lipinski definition) is 0. The van der Waals surface area contributed by atoms with Crippen LogP contribution >= 0.6 is 0 Å². The van der Waals surface area contributed by atoms with Crippen LogP contribution in [-0.4, -0.2) is 53.2 Å². The molecule has 3 aromatic rings. The van der Waals surface area contributed by atoms with Gasteiger partial charge in [0.2, 0.25) is 0 Å². The summed E-state index contributed by atoms with van der Waals surface area (Å²) in [6.45, 7) is 3.70. The Morgan fingerprint density at radius 2 is 1.90 bits per heavy atom. The summed E-state index contributed by atoms with van der Waals surface area (Å²) in [7, 11) is 4.28. The van der Waals surface area contributed by atoms with E-state index in [0.29, 0.717) is 23.7 Å². The van der Waals surface area contributed by atoms with Gasteiger partial charge in [0, 0.05) is 42.2 Å². The number of likely N-dealkylation sites (tertiary alicyclic amines) is 1. The van der Waals surface area contributed by atoms with Gasteiger partial charge in [-0.15, -0.1) is 0 Å². The summed E-state index contributed by atoms with van der Waals surface area (Å²) in [6.07, 6.45) is 1.96. The molecular weight excluding hydrogens is 379 g/mol. The average molecular weight is 407 g/mol. The van der Waals surface area contributed by atoms with Crippen LogP contribution in [0.3, 0.4) is 0 Å². The summed E-state index contributed by atoms with van der Waals surface area (Å²) in [6, 6.07) is 14.5. The molecule has 1 saturated heterocycles. The van der Waals surface area contributed by atoms with E-state index in [2.05, 4.69) is 64.4 Å². The Bertz CT molecular complexity index is 1050. The van der Waals surface area contributed by atoms with Crippen LogP contribution in [-0.2, 0) is 6.42 Å². The van der Waals surface area contributed by atoms with Gasteiger partial charge in [-0.3, -0.25) is 4.90 Å². The minimum atomic E-state index is -0.0564. The van der Waals surface area contributed by atoms with Crippen LogP contribution in [0.1, 0.15) is 40.9 Å². The van der Waals surface area contributed by atoms with Crippen LogP contribution in [0.25, 0.3) is 11.5 Å². The van der Waals surface area contributed by atoms with Crippen molar-refractivity contribution in [2.45, 2.75) is 37.8 Å². The van der Waals surface area contributed by atoms with E-state index in [1.807, 2.05) is 13.0 Å². The third-order valence-corrected chi connectivity index (χ3v) is 6.70. The van der Waals surface area contributed by atoms with Gasteiger partial charge in [-0.1, -0.05) is 29.4 Å². The second-order valence-electron chi connectivity index (χ2n) is 8.73. The van der Waals surface area contributed by atoms with Crippen molar-refractivity contribution in [3.8, 4) is 11.5 Å². The van der Waals surface area contributed by atoms with Crippen molar-refractivity contribution in [2.24, 2.45) is 0 Å². The molecule has 156 valence electrons. The van der Waals surface area contributed by atoms with Crippen molar-refractivity contribution in [1.29, 1.82) is 0 Å². The molecule has 0 spiro atoms. The Morgan fingerprint density at radius 1 is 1.10 bits per heavy atom. The molecule has 1 aliphatic heterocycles. The largest absolute Gasteiger partial charge is 0.334 e. The number of likely N-dealkylation sites (N-methyl/N-ethyl adjacent to an activating group) is 1. The Hall–Kier alpha value is -2.57. The molecule has 6 heteroatoms. The van der Waals surface area contributed by atoms with Gasteiger partial charge in [-0.2, -0.15) is 4.98 Å². The van der Waals surface area contributed by atoms with Gasteiger partial charge < -0.3 is 9.42 Å². The maximum atomic E-state index is 14.6. The van der Waals surface area contributed by atoms with Crippen LogP contribution in [0.15, 0.2) is 47.0 Å². The van der Waals surface area contributed by atoms with Crippen molar-refractivity contribution >= 4 is 0 Å². The first-order chi connectivity index (χ1) is 14.5. The molecule has 30 heavy (non-hydrogen) atoms. The van der Waals surface area contributed by atoms with E-state index < -0.39 is 0 Å². The molecule has 1 aromatic heterocycles. The minimum absolute atomic E-state index is 0.0564. The van der Waals surface area contributed by atoms with Gasteiger partial charge in [-0.25, -0.2) is 4.39 Å². The molecule has 3 atom stereocenters. The monoisotopic (exact) mass is 406 g/mol. The van der Waals surface area contributed by atoms with Gasteiger partial charge in [0.25, 0.3) is 5.89 Å². The van der Waals surface area contributed by atoms with Crippen molar-refractivity contribution in [3.05, 3.63) is 70.8 Å². The van der Waals surface area contributed by atoms with E-state index >= 15 is 0 Å². The van der Waals surface area contributed by atoms with Gasteiger partial charge in [-0.05, 0) is 63.2 Å². The minimum Gasteiger partial charge on any atom is -0.334 e. The number of nitrogens with zero attached hydrogens (tertiary/aromatic N) is 4. The predicted molar refractivity (Wildman–Crippen MR) is 114 cm³/mol. The topological polar surface area (TPSA) is 45.4 Å². The highest BCUT2D eigenvalue weighted by molar-refractivity contribution is 5.53. The van der Waals surface area contributed by atoms with Crippen molar-refractivity contribution in [3.63, 3.8) is 0 Å². The molecule has 0 amide bonds. The van der Waals surface area contributed by atoms with E-state index in [1.54, 1.807) is 6.07 Å². The third-order valence-electron chi connectivity index (χ3n) is 6.70. The highest BCUT2D eigenvalue weighted by atomic mass is 19.1. The van der Waals surface area contributed by atoms with Gasteiger partial charge in [0.05, 0.1) is 0 Å².